The lowest BCUT2D eigenvalue weighted by molar-refractivity contribution is 1.18. The largest absolute Gasteiger partial charge is 0.309 e. The SMILES string of the molecule is c1ccc(-c2ncccc2-c2ccc(-c3cc4c5c(cccc5c3)-c3ccccc3-4)cc2)nc1.c1ccc(-n2c3ccccc3c3cc(-c4ccc5c(c4)c4ccccc4n5-c4ccc(-c5cc6c7c(cccc7c5)-c5ccccc5-6)cc4)ccc32)cc1. The van der Waals surface area contributed by atoms with Crippen LogP contribution in [0.1, 0.15) is 0 Å². The molecule has 0 unspecified atom stereocenters. The summed E-state index contributed by atoms with van der Waals surface area (Å²) in [6.45, 7) is 0. The molecule has 0 atom stereocenters. The topological polar surface area (TPSA) is 35.6 Å². The zero-order valence-electron chi connectivity index (χ0n) is 47.8. The molecule has 0 N–H and O–H groups in total. The predicted octanol–water partition coefficient (Wildman–Crippen LogP) is 22.3. The van der Waals surface area contributed by atoms with E-state index in [1.54, 1.807) is 0 Å². The van der Waals surface area contributed by atoms with E-state index in [0.717, 1.165) is 28.2 Å². The second-order valence-corrected chi connectivity index (χ2v) is 23.2. The van der Waals surface area contributed by atoms with Crippen LogP contribution in [0.3, 0.4) is 0 Å². The highest BCUT2D eigenvalue weighted by Gasteiger charge is 2.24. The lowest BCUT2D eigenvalue weighted by atomic mass is 9.94. The fraction of sp³-hybridized carbons (Fsp3) is 0. The molecule has 4 heterocycles. The lowest BCUT2D eigenvalue weighted by Crippen LogP contribution is -1.94. The Labute approximate surface area is 508 Å². The van der Waals surface area contributed by atoms with Crippen molar-refractivity contribution in [1.29, 1.82) is 0 Å². The lowest BCUT2D eigenvalue weighted by Gasteiger charge is -2.11. The molecule has 4 heteroatoms. The molecule has 0 saturated heterocycles. The number of para-hydroxylation sites is 3. The van der Waals surface area contributed by atoms with Gasteiger partial charge in [-0.3, -0.25) is 9.97 Å². The van der Waals surface area contributed by atoms with Gasteiger partial charge in [-0.25, -0.2) is 0 Å². The van der Waals surface area contributed by atoms with Crippen LogP contribution in [0.4, 0.5) is 0 Å². The van der Waals surface area contributed by atoms with Gasteiger partial charge in [0.1, 0.15) is 0 Å². The van der Waals surface area contributed by atoms with Crippen LogP contribution in [0.15, 0.2) is 316 Å². The highest BCUT2D eigenvalue weighted by atomic mass is 15.0. The average molecular weight is 1120 g/mol. The smallest absolute Gasteiger partial charge is 0.0964 e. The predicted molar refractivity (Wildman–Crippen MR) is 368 cm³/mol. The van der Waals surface area contributed by atoms with Gasteiger partial charge in [-0.15, -0.1) is 0 Å². The van der Waals surface area contributed by atoms with E-state index in [2.05, 4.69) is 298 Å². The summed E-state index contributed by atoms with van der Waals surface area (Å²) < 4.78 is 4.79. The maximum Gasteiger partial charge on any atom is 0.0964 e. The van der Waals surface area contributed by atoms with Gasteiger partial charge >= 0.3 is 0 Å². The molecule has 4 aromatic heterocycles. The quantitative estimate of drug-likeness (QED) is 0.159. The Morgan fingerprint density at radius 2 is 0.636 bits per heavy atom. The summed E-state index contributed by atoms with van der Waals surface area (Å²) in [5.74, 6) is 0. The van der Waals surface area contributed by atoms with Crippen LogP contribution in [0.25, 0.3) is 177 Å². The minimum atomic E-state index is 0.884. The Hall–Kier alpha value is -11.7. The van der Waals surface area contributed by atoms with E-state index in [0.29, 0.717) is 0 Å². The molecule has 19 rings (SSSR count). The molecule has 0 spiro atoms. The van der Waals surface area contributed by atoms with Crippen LogP contribution in [0.2, 0.25) is 0 Å². The summed E-state index contributed by atoms with van der Waals surface area (Å²) in [6, 6.07) is 110. The third-order valence-corrected chi connectivity index (χ3v) is 18.4. The summed E-state index contributed by atoms with van der Waals surface area (Å²) in [6.07, 6.45) is 3.64. The number of pyridine rings is 2. The molecular formula is C84H52N4. The molecule has 0 radical (unpaired) electrons. The number of hydrogen-bond acceptors (Lipinski definition) is 2. The van der Waals surface area contributed by atoms with Crippen molar-refractivity contribution in [1.82, 2.24) is 19.1 Å². The Morgan fingerprint density at radius 1 is 0.216 bits per heavy atom. The van der Waals surface area contributed by atoms with Gasteiger partial charge in [-0.05, 0) is 208 Å². The van der Waals surface area contributed by atoms with Crippen LogP contribution in [0, 0.1) is 0 Å². The minimum absolute atomic E-state index is 0.884. The Morgan fingerprint density at radius 3 is 1.18 bits per heavy atom. The number of fused-ring (bicyclic) bond motifs is 12. The van der Waals surface area contributed by atoms with Crippen molar-refractivity contribution in [3.63, 3.8) is 0 Å². The van der Waals surface area contributed by atoms with Crippen molar-refractivity contribution in [3.8, 4) is 112 Å². The minimum Gasteiger partial charge on any atom is -0.309 e. The molecule has 0 aliphatic heterocycles. The van der Waals surface area contributed by atoms with E-state index in [9.17, 15) is 0 Å². The first kappa shape index (κ1) is 49.7. The number of nitrogens with zero attached hydrogens (tertiary/aromatic N) is 4. The van der Waals surface area contributed by atoms with Crippen LogP contribution >= 0.6 is 0 Å². The van der Waals surface area contributed by atoms with Crippen LogP contribution in [0.5, 0.6) is 0 Å². The molecule has 17 aromatic rings. The number of hydrogen-bond donors (Lipinski definition) is 0. The molecule has 2 aliphatic carbocycles. The number of aromatic nitrogens is 4. The van der Waals surface area contributed by atoms with Crippen molar-refractivity contribution in [3.05, 3.63) is 316 Å². The normalized spacial score (nSPS) is 11.9. The molecule has 408 valence electrons. The van der Waals surface area contributed by atoms with Gasteiger partial charge in [-0.2, -0.15) is 0 Å². The van der Waals surface area contributed by atoms with Crippen molar-refractivity contribution in [2.24, 2.45) is 0 Å². The molecule has 4 nitrogen and oxygen atoms in total. The summed E-state index contributed by atoms with van der Waals surface area (Å²) in [7, 11) is 0. The summed E-state index contributed by atoms with van der Waals surface area (Å²) in [4.78, 5) is 9.14. The Kier molecular flexibility index (Phi) is 11.3. The molecular weight excluding hydrogens is 1060 g/mol. The number of rotatable bonds is 7. The van der Waals surface area contributed by atoms with Gasteiger partial charge < -0.3 is 9.13 Å². The molecule has 13 aromatic carbocycles. The molecule has 0 amide bonds. The summed E-state index contributed by atoms with van der Waals surface area (Å²) in [5, 5.41) is 10.3. The molecule has 0 bridgehead atoms. The second-order valence-electron chi connectivity index (χ2n) is 23.2. The first-order chi connectivity index (χ1) is 43.6. The van der Waals surface area contributed by atoms with Crippen molar-refractivity contribution < 1.29 is 0 Å². The van der Waals surface area contributed by atoms with Crippen molar-refractivity contribution in [2.75, 3.05) is 0 Å². The fourth-order valence-electron chi connectivity index (χ4n) is 14.4. The standard InChI is InChI=1S/C52H32N2.C32H20N2/c1-2-12-38(13-3-1)53-48-19-8-6-16-42(48)45-30-34(23-27-50(45)53)35-24-28-51-46(31-35)43-17-7-9-20-49(43)54(51)39-25-21-33(22-26-39)37-29-36-11-10-18-44-40-14-4-5-15-41(40)47(32-37)52(36)44;1-2-9-27-26(8-1)28-10-5-7-23-19-24(20-29(27)31(23)28)21-13-15-22(16-14-21)25-11-6-18-34-32(25)30-12-3-4-17-33-30/h1-32H;1-20H. The van der Waals surface area contributed by atoms with E-state index in [-0.39, 0.29) is 0 Å². The molecule has 88 heavy (non-hydrogen) atoms. The van der Waals surface area contributed by atoms with E-state index >= 15 is 0 Å². The van der Waals surface area contributed by atoms with Crippen LogP contribution in [-0.2, 0) is 0 Å². The van der Waals surface area contributed by atoms with Crippen LogP contribution < -0.4 is 0 Å². The summed E-state index contributed by atoms with van der Waals surface area (Å²) in [5.41, 5.74) is 29.2. The van der Waals surface area contributed by atoms with Gasteiger partial charge in [0.05, 0.1) is 33.5 Å². The third kappa shape index (κ3) is 7.86. The van der Waals surface area contributed by atoms with E-state index in [1.807, 2.05) is 36.7 Å². The Balaban J connectivity index is 0.000000147. The first-order valence-corrected chi connectivity index (χ1v) is 30.2. The van der Waals surface area contributed by atoms with Crippen molar-refractivity contribution in [2.45, 2.75) is 0 Å². The van der Waals surface area contributed by atoms with Gasteiger partial charge in [0.2, 0.25) is 0 Å². The van der Waals surface area contributed by atoms with Gasteiger partial charge in [0, 0.05) is 50.9 Å². The van der Waals surface area contributed by atoms with Gasteiger partial charge in [-0.1, -0.05) is 200 Å². The summed E-state index contributed by atoms with van der Waals surface area (Å²) >= 11 is 0. The average Bonchev–Trinajstić information content (AvgIpc) is 2.30. The van der Waals surface area contributed by atoms with E-state index in [1.165, 1.54) is 149 Å². The van der Waals surface area contributed by atoms with Gasteiger partial charge in [0.25, 0.3) is 0 Å². The first-order valence-electron chi connectivity index (χ1n) is 30.2. The van der Waals surface area contributed by atoms with Crippen molar-refractivity contribution >= 4 is 65.2 Å². The monoisotopic (exact) mass is 1120 g/mol. The highest BCUT2D eigenvalue weighted by molar-refractivity contribution is 6.18. The van der Waals surface area contributed by atoms with Crippen LogP contribution in [-0.4, -0.2) is 19.1 Å². The maximum atomic E-state index is 4.63. The number of benzene rings is 13. The maximum absolute atomic E-state index is 4.63. The second kappa shape index (κ2) is 20.0. The molecule has 0 fully saturated rings. The van der Waals surface area contributed by atoms with E-state index < -0.39 is 0 Å². The highest BCUT2D eigenvalue weighted by Crippen LogP contribution is 2.51. The Bertz CT molecular complexity index is 5660. The zero-order chi connectivity index (χ0) is 57.8. The zero-order valence-corrected chi connectivity index (χ0v) is 47.8. The van der Waals surface area contributed by atoms with E-state index in [4.69, 9.17) is 0 Å². The molecule has 2 aliphatic rings. The fourth-order valence-corrected chi connectivity index (χ4v) is 14.4. The molecule has 0 saturated carbocycles. The van der Waals surface area contributed by atoms with Gasteiger partial charge in [0.15, 0.2) is 0 Å². The third-order valence-electron chi connectivity index (χ3n) is 18.4.